The summed E-state index contributed by atoms with van der Waals surface area (Å²) < 4.78 is 5.52. The molecule has 9 heteroatoms. The van der Waals surface area contributed by atoms with Gasteiger partial charge in [0.1, 0.15) is 12.6 Å². The Hall–Kier alpha value is -4.50. The Bertz CT molecular complexity index is 1380. The summed E-state index contributed by atoms with van der Waals surface area (Å²) in [6.45, 7) is 0.577. The molecule has 192 valence electrons. The van der Waals surface area contributed by atoms with Crippen LogP contribution in [0.2, 0.25) is 0 Å². The van der Waals surface area contributed by atoms with Gasteiger partial charge in [0, 0.05) is 29.4 Å². The average Bonchev–Trinajstić information content (AvgIpc) is 3.66. The van der Waals surface area contributed by atoms with Gasteiger partial charge in [-0.15, -0.1) is 11.3 Å². The molecule has 3 amide bonds. The lowest BCUT2D eigenvalue weighted by molar-refractivity contribution is -0.121. The molecule has 8 nitrogen and oxygen atoms in total. The topological polar surface area (TPSA) is 91.8 Å². The summed E-state index contributed by atoms with van der Waals surface area (Å²) in [4.78, 5) is 46.8. The number of para-hydroxylation sites is 1. The van der Waals surface area contributed by atoms with Crippen LogP contribution in [0.25, 0.3) is 0 Å². The number of amides is 3. The van der Waals surface area contributed by atoms with Gasteiger partial charge in [-0.25, -0.2) is 9.78 Å². The molecule has 1 saturated heterocycles. The zero-order valence-electron chi connectivity index (χ0n) is 20.5. The first-order chi connectivity index (χ1) is 18.6. The molecule has 1 aliphatic rings. The van der Waals surface area contributed by atoms with E-state index in [1.54, 1.807) is 35.8 Å². The molecule has 38 heavy (non-hydrogen) atoms. The number of carbonyl (C=O) groups is 3. The van der Waals surface area contributed by atoms with Crippen LogP contribution in [-0.4, -0.2) is 40.4 Å². The Morgan fingerprint density at radius 2 is 1.68 bits per heavy atom. The molecule has 1 fully saturated rings. The van der Waals surface area contributed by atoms with E-state index in [1.807, 2.05) is 60.7 Å². The second-order valence-corrected chi connectivity index (χ2v) is 9.62. The van der Waals surface area contributed by atoms with Gasteiger partial charge >= 0.3 is 6.09 Å². The van der Waals surface area contributed by atoms with Crippen molar-refractivity contribution in [3.8, 4) is 0 Å². The minimum absolute atomic E-state index is 0.139. The maximum Gasteiger partial charge on any atom is 0.410 e. The van der Waals surface area contributed by atoms with Crippen LogP contribution < -0.4 is 10.2 Å². The fourth-order valence-electron chi connectivity index (χ4n) is 4.34. The first-order valence-electron chi connectivity index (χ1n) is 12.3. The number of nitrogens with zero attached hydrogens (tertiary/aromatic N) is 3. The van der Waals surface area contributed by atoms with Gasteiger partial charge in [-0.2, -0.15) is 0 Å². The molecule has 1 atom stereocenters. The van der Waals surface area contributed by atoms with Gasteiger partial charge in [-0.3, -0.25) is 19.4 Å². The Morgan fingerprint density at radius 1 is 0.974 bits per heavy atom. The highest BCUT2D eigenvalue weighted by atomic mass is 32.1. The minimum atomic E-state index is -0.678. The lowest BCUT2D eigenvalue weighted by atomic mass is 10.1. The Labute approximate surface area is 224 Å². The maximum absolute atomic E-state index is 13.9. The van der Waals surface area contributed by atoms with Crippen LogP contribution in [0, 0.1) is 0 Å². The average molecular weight is 527 g/mol. The third kappa shape index (κ3) is 5.73. The molecule has 4 aromatic rings. The summed E-state index contributed by atoms with van der Waals surface area (Å²) in [6, 6.07) is 24.7. The number of ether oxygens (including phenoxy) is 1. The molecule has 0 bridgehead atoms. The van der Waals surface area contributed by atoms with Gasteiger partial charge in [0.25, 0.3) is 11.8 Å². The normalized spacial score (nSPS) is 14.6. The first-order valence-corrected chi connectivity index (χ1v) is 13.2. The Kier molecular flexibility index (Phi) is 7.75. The van der Waals surface area contributed by atoms with Crippen molar-refractivity contribution in [1.29, 1.82) is 0 Å². The lowest BCUT2D eigenvalue weighted by Crippen LogP contribution is -2.46. The van der Waals surface area contributed by atoms with Gasteiger partial charge in [0.05, 0.1) is 5.69 Å². The Morgan fingerprint density at radius 3 is 2.37 bits per heavy atom. The van der Waals surface area contributed by atoms with E-state index in [0.29, 0.717) is 41.5 Å². The van der Waals surface area contributed by atoms with Gasteiger partial charge in [-0.05, 0) is 54.8 Å². The number of benzene rings is 3. The molecule has 1 unspecified atom stereocenters. The standard InChI is InChI=1S/C29H26N4O4S/c34-26(31-23-10-5-2-6-11-23)22-13-15-24(16-14-22)33(28-30-17-19-38-28)27(35)25-12-7-18-32(25)29(36)37-20-21-8-3-1-4-9-21/h1-6,8-11,13-17,19,25H,7,12,18,20H2,(H,31,34). The summed E-state index contributed by atoms with van der Waals surface area (Å²) >= 11 is 1.32. The number of aromatic nitrogens is 1. The molecule has 1 aliphatic heterocycles. The van der Waals surface area contributed by atoms with Crippen molar-refractivity contribution in [3.05, 3.63) is 108 Å². The fourth-order valence-corrected chi connectivity index (χ4v) is 5.00. The molecule has 0 aliphatic carbocycles. The summed E-state index contributed by atoms with van der Waals surface area (Å²) in [5, 5.41) is 5.13. The van der Waals surface area contributed by atoms with E-state index in [2.05, 4.69) is 10.3 Å². The van der Waals surface area contributed by atoms with E-state index in [1.165, 1.54) is 21.1 Å². The molecule has 0 radical (unpaired) electrons. The zero-order chi connectivity index (χ0) is 26.3. The molecule has 0 saturated carbocycles. The monoisotopic (exact) mass is 526 g/mol. The summed E-state index contributed by atoms with van der Waals surface area (Å²) in [5.41, 5.74) is 2.59. The van der Waals surface area contributed by atoms with Gasteiger partial charge < -0.3 is 10.1 Å². The van der Waals surface area contributed by atoms with Crippen molar-refractivity contribution >= 4 is 45.8 Å². The number of carbonyl (C=O) groups excluding carboxylic acids is 3. The largest absolute Gasteiger partial charge is 0.445 e. The van der Waals surface area contributed by atoms with Crippen LogP contribution in [0.4, 0.5) is 21.3 Å². The van der Waals surface area contributed by atoms with E-state index in [0.717, 1.165) is 5.56 Å². The second kappa shape index (κ2) is 11.7. The van der Waals surface area contributed by atoms with Crippen molar-refractivity contribution in [2.24, 2.45) is 0 Å². The summed E-state index contributed by atoms with van der Waals surface area (Å²) in [5.74, 6) is -0.520. The van der Waals surface area contributed by atoms with Crippen molar-refractivity contribution < 1.29 is 19.1 Å². The molecular formula is C29H26N4O4S. The van der Waals surface area contributed by atoms with E-state index >= 15 is 0 Å². The van der Waals surface area contributed by atoms with Crippen LogP contribution in [0.3, 0.4) is 0 Å². The number of thiazole rings is 1. The van der Waals surface area contributed by atoms with Crippen LogP contribution in [0.1, 0.15) is 28.8 Å². The predicted octanol–water partition coefficient (Wildman–Crippen LogP) is 5.86. The lowest BCUT2D eigenvalue weighted by Gasteiger charge is -2.28. The smallest absolute Gasteiger partial charge is 0.410 e. The van der Waals surface area contributed by atoms with Gasteiger partial charge in [0.15, 0.2) is 5.13 Å². The highest BCUT2D eigenvalue weighted by molar-refractivity contribution is 7.13. The van der Waals surface area contributed by atoms with E-state index in [4.69, 9.17) is 4.74 Å². The van der Waals surface area contributed by atoms with E-state index in [-0.39, 0.29) is 18.4 Å². The highest BCUT2D eigenvalue weighted by Gasteiger charge is 2.39. The molecule has 5 rings (SSSR count). The van der Waals surface area contributed by atoms with E-state index < -0.39 is 12.1 Å². The number of nitrogens with one attached hydrogen (secondary N) is 1. The predicted molar refractivity (Wildman–Crippen MR) is 146 cm³/mol. The number of rotatable bonds is 7. The third-order valence-electron chi connectivity index (χ3n) is 6.23. The summed E-state index contributed by atoms with van der Waals surface area (Å²) in [7, 11) is 0. The molecular weight excluding hydrogens is 500 g/mol. The SMILES string of the molecule is O=C(Nc1ccccc1)c1ccc(N(C(=O)C2CCCN2C(=O)OCc2ccccc2)c2nccs2)cc1. The van der Waals surface area contributed by atoms with Crippen molar-refractivity contribution in [2.45, 2.75) is 25.5 Å². The molecule has 2 heterocycles. The third-order valence-corrected chi connectivity index (χ3v) is 6.98. The summed E-state index contributed by atoms with van der Waals surface area (Å²) in [6.07, 6.45) is 2.33. The van der Waals surface area contributed by atoms with Crippen molar-refractivity contribution in [1.82, 2.24) is 9.88 Å². The van der Waals surface area contributed by atoms with Gasteiger partial charge in [-0.1, -0.05) is 48.5 Å². The van der Waals surface area contributed by atoms with Crippen LogP contribution in [0.15, 0.2) is 96.5 Å². The van der Waals surface area contributed by atoms with Crippen LogP contribution in [0.5, 0.6) is 0 Å². The number of likely N-dealkylation sites (tertiary alicyclic amines) is 1. The molecule has 1 aromatic heterocycles. The van der Waals surface area contributed by atoms with Crippen LogP contribution in [-0.2, 0) is 16.1 Å². The molecule has 0 spiro atoms. The highest BCUT2D eigenvalue weighted by Crippen LogP contribution is 2.32. The number of anilines is 3. The number of hydrogen-bond acceptors (Lipinski definition) is 6. The van der Waals surface area contributed by atoms with Gasteiger partial charge in [0.2, 0.25) is 0 Å². The second-order valence-electron chi connectivity index (χ2n) is 8.75. The fraction of sp³-hybridized carbons (Fsp3) is 0.172. The van der Waals surface area contributed by atoms with Crippen LogP contribution >= 0.6 is 11.3 Å². The molecule has 3 aromatic carbocycles. The zero-order valence-corrected chi connectivity index (χ0v) is 21.3. The minimum Gasteiger partial charge on any atom is -0.445 e. The van der Waals surface area contributed by atoms with Crippen molar-refractivity contribution in [2.75, 3.05) is 16.8 Å². The Balaban J connectivity index is 1.32. The van der Waals surface area contributed by atoms with E-state index in [9.17, 15) is 14.4 Å². The number of hydrogen-bond donors (Lipinski definition) is 1. The van der Waals surface area contributed by atoms with Crippen molar-refractivity contribution in [3.63, 3.8) is 0 Å². The maximum atomic E-state index is 13.9. The quantitative estimate of drug-likeness (QED) is 0.326. The first kappa shape index (κ1) is 25.2. The molecule has 1 N–H and O–H groups in total.